The third-order valence-corrected chi connectivity index (χ3v) is 6.88. The summed E-state index contributed by atoms with van der Waals surface area (Å²) in [6.45, 7) is 24.2. The second-order valence-corrected chi connectivity index (χ2v) is 10.5. The molecular formula is C38H65NO9. The van der Waals surface area contributed by atoms with Crippen LogP contribution in [0.1, 0.15) is 98.3 Å². The highest BCUT2D eigenvalue weighted by Gasteiger charge is 2.35. The number of aliphatic carboxylic acids is 2. The topological polar surface area (TPSA) is 140 Å². The Bertz CT molecular complexity index is 1140. The Morgan fingerprint density at radius 1 is 0.792 bits per heavy atom. The van der Waals surface area contributed by atoms with Crippen molar-refractivity contribution in [2.45, 2.75) is 100 Å². The third kappa shape index (κ3) is 19.7. The number of carbonyl (C=O) groups is 4. The quantitative estimate of drug-likeness (QED) is 0.189. The van der Waals surface area contributed by atoms with E-state index in [9.17, 15) is 4.79 Å². The summed E-state index contributed by atoms with van der Waals surface area (Å²) in [7, 11) is 7.14. The van der Waals surface area contributed by atoms with Gasteiger partial charge in [-0.15, -0.1) is 0 Å². The minimum absolute atomic E-state index is 0.307. The van der Waals surface area contributed by atoms with Crippen LogP contribution < -0.4 is 14.2 Å². The van der Waals surface area contributed by atoms with Crippen molar-refractivity contribution in [2.75, 3.05) is 41.5 Å². The van der Waals surface area contributed by atoms with Gasteiger partial charge in [0.25, 0.3) is 0 Å². The lowest BCUT2D eigenvalue weighted by atomic mass is 9.72. The maximum atomic E-state index is 13.4. The molecule has 0 heterocycles. The highest BCUT2D eigenvalue weighted by molar-refractivity contribution is 6.27. The van der Waals surface area contributed by atoms with Crippen LogP contribution >= 0.6 is 0 Å². The average molecular weight is 680 g/mol. The number of hydrogen-bond acceptors (Lipinski definition) is 8. The highest BCUT2D eigenvalue weighted by atomic mass is 16.5. The van der Waals surface area contributed by atoms with Crippen LogP contribution in [0, 0.1) is 12.8 Å². The van der Waals surface area contributed by atoms with Crippen molar-refractivity contribution < 1.29 is 43.6 Å². The fourth-order valence-electron chi connectivity index (χ4n) is 4.37. The lowest BCUT2D eigenvalue weighted by molar-refractivity contribution is -0.159. The molecule has 0 aliphatic rings. The first-order valence-corrected chi connectivity index (χ1v) is 16.6. The van der Waals surface area contributed by atoms with Gasteiger partial charge in [0.15, 0.2) is 11.5 Å². The number of benzene rings is 2. The van der Waals surface area contributed by atoms with Crippen LogP contribution in [0.5, 0.6) is 17.2 Å². The Morgan fingerprint density at radius 2 is 1.29 bits per heavy atom. The number of rotatable bonds is 14. The zero-order chi connectivity index (χ0) is 38.5. The van der Waals surface area contributed by atoms with E-state index in [1.165, 1.54) is 5.56 Å². The first-order valence-electron chi connectivity index (χ1n) is 16.6. The molecule has 0 spiro atoms. The van der Waals surface area contributed by atoms with E-state index >= 15 is 0 Å². The monoisotopic (exact) mass is 679 g/mol. The Balaban J connectivity index is -0.000000595. The number of nitrogens with zero attached hydrogens (tertiary/aromatic N) is 1. The van der Waals surface area contributed by atoms with Gasteiger partial charge in [-0.3, -0.25) is 4.79 Å². The molecule has 0 bridgehead atoms. The molecule has 0 aliphatic heterocycles. The fourth-order valence-corrected chi connectivity index (χ4v) is 4.37. The van der Waals surface area contributed by atoms with Crippen LogP contribution in [0.25, 0.3) is 0 Å². The second kappa shape index (κ2) is 30.4. The number of carboxylic acids is 2. The molecule has 2 rings (SSSR count). The molecule has 0 saturated carbocycles. The van der Waals surface area contributed by atoms with Crippen LogP contribution in [0.15, 0.2) is 36.4 Å². The number of methoxy groups -OCH3 is 3. The van der Waals surface area contributed by atoms with Gasteiger partial charge in [-0.2, -0.15) is 0 Å². The molecule has 276 valence electrons. The van der Waals surface area contributed by atoms with Gasteiger partial charge >= 0.3 is 11.9 Å². The molecule has 0 aromatic heterocycles. The molecule has 1 atom stereocenters. The number of Topliss-reactive ketones (excluding diaryl/α,β-unsaturated/α-hetero) is 1. The van der Waals surface area contributed by atoms with E-state index in [-0.39, 0.29) is 0 Å². The number of ether oxygens (including phenoxy) is 3. The van der Waals surface area contributed by atoms with Gasteiger partial charge in [0.1, 0.15) is 18.3 Å². The van der Waals surface area contributed by atoms with Crippen molar-refractivity contribution in [3.05, 3.63) is 53.1 Å². The zero-order valence-corrected chi connectivity index (χ0v) is 32.2. The molecule has 48 heavy (non-hydrogen) atoms. The first kappa shape index (κ1) is 50.9. The van der Waals surface area contributed by atoms with E-state index in [1.54, 1.807) is 21.3 Å². The predicted molar refractivity (Wildman–Crippen MR) is 196 cm³/mol. The Kier molecular flexibility index (Phi) is 32.3. The number of likely N-dealkylation sites (N-methyl/N-ethyl adjacent to an activating group) is 1. The average Bonchev–Trinajstić information content (AvgIpc) is 3.10. The highest BCUT2D eigenvalue weighted by Crippen LogP contribution is 2.35. The van der Waals surface area contributed by atoms with E-state index < -0.39 is 17.4 Å². The van der Waals surface area contributed by atoms with Crippen LogP contribution in [0.2, 0.25) is 0 Å². The van der Waals surface area contributed by atoms with Gasteiger partial charge in [-0.25, -0.2) is 9.59 Å². The maximum absolute atomic E-state index is 13.4. The normalized spacial score (nSPS) is 10.7. The minimum atomic E-state index is -1.82. The van der Waals surface area contributed by atoms with Crippen molar-refractivity contribution in [3.8, 4) is 17.2 Å². The summed E-state index contributed by atoms with van der Waals surface area (Å²) in [4.78, 5) is 41.9. The zero-order valence-electron chi connectivity index (χ0n) is 32.2. The Morgan fingerprint density at radius 3 is 1.73 bits per heavy atom. The van der Waals surface area contributed by atoms with E-state index in [4.69, 9.17) is 38.8 Å². The third-order valence-electron chi connectivity index (χ3n) is 6.88. The lowest BCUT2D eigenvalue weighted by Crippen LogP contribution is -2.35. The molecule has 0 fully saturated rings. The SMILES string of the molecule is C=O.CC.CC.CC.COc1cc(C(C)(CCCN(C)CCc2ccc(OC)c(OC)c2)C(=O)CC(C)C)ccc1C.O=C(O)C(=O)O. The number of hydrogen-bond donors (Lipinski definition) is 2. The standard InChI is InChI=1S/C29H43NO4.C2H2O4.3C2H6.CH2O/c1-21(2)18-28(31)29(4,24-12-10-22(3)26(20-24)33-7)15-9-16-30(5)17-14-23-11-13-25(32-6)27(19-23)34-8;3-1(4)2(5)6;4*1-2/h10-13,19-21H,9,14-18H2,1-8H3;(H,3,4)(H,5,6);3*1-2H3;1H2. The summed E-state index contributed by atoms with van der Waals surface area (Å²) in [5, 5.41) is 14.8. The van der Waals surface area contributed by atoms with Crippen LogP contribution in [-0.4, -0.2) is 81.1 Å². The van der Waals surface area contributed by atoms with Crippen LogP contribution in [0.3, 0.4) is 0 Å². The van der Waals surface area contributed by atoms with E-state index in [1.807, 2.05) is 73.5 Å². The van der Waals surface area contributed by atoms with Crippen molar-refractivity contribution in [3.63, 3.8) is 0 Å². The lowest BCUT2D eigenvalue weighted by Gasteiger charge is -2.31. The molecule has 0 radical (unpaired) electrons. The first-order chi connectivity index (χ1) is 22.8. The Labute approximate surface area is 290 Å². The summed E-state index contributed by atoms with van der Waals surface area (Å²) >= 11 is 0. The van der Waals surface area contributed by atoms with Crippen molar-refractivity contribution in [1.82, 2.24) is 4.90 Å². The summed E-state index contributed by atoms with van der Waals surface area (Å²) in [5.74, 6) is -0.656. The fraction of sp³-hybridized carbons (Fsp3) is 0.579. The molecule has 2 aromatic rings. The summed E-state index contributed by atoms with van der Waals surface area (Å²) in [5.41, 5.74) is 2.83. The molecule has 2 N–H and O–H groups in total. The molecule has 0 amide bonds. The largest absolute Gasteiger partial charge is 0.496 e. The van der Waals surface area contributed by atoms with Crippen molar-refractivity contribution >= 4 is 24.5 Å². The molecule has 0 aliphatic carbocycles. The predicted octanol–water partition coefficient (Wildman–Crippen LogP) is 7.90. The van der Waals surface area contributed by atoms with Gasteiger partial charge in [0.05, 0.1) is 26.7 Å². The number of carboxylic acid groups (broad SMARTS) is 2. The number of aryl methyl sites for hydroxylation is 1. The van der Waals surface area contributed by atoms with Crippen molar-refractivity contribution in [1.29, 1.82) is 0 Å². The van der Waals surface area contributed by atoms with Crippen LogP contribution in [0.4, 0.5) is 0 Å². The van der Waals surface area contributed by atoms with Gasteiger partial charge in [0.2, 0.25) is 0 Å². The van der Waals surface area contributed by atoms with E-state index in [0.29, 0.717) is 18.1 Å². The van der Waals surface area contributed by atoms with Gasteiger partial charge < -0.3 is 34.1 Å². The molecule has 0 saturated heterocycles. The van der Waals surface area contributed by atoms with Gasteiger partial charge in [0, 0.05) is 13.0 Å². The van der Waals surface area contributed by atoms with E-state index in [2.05, 4.69) is 50.9 Å². The van der Waals surface area contributed by atoms with Gasteiger partial charge in [-0.05, 0) is 87.5 Å². The summed E-state index contributed by atoms with van der Waals surface area (Å²) in [6, 6.07) is 12.3. The van der Waals surface area contributed by atoms with Crippen molar-refractivity contribution in [2.24, 2.45) is 5.92 Å². The maximum Gasteiger partial charge on any atom is 0.414 e. The Hall–Kier alpha value is -3.92. The molecule has 1 unspecified atom stereocenters. The minimum Gasteiger partial charge on any atom is -0.496 e. The summed E-state index contributed by atoms with van der Waals surface area (Å²) in [6.07, 6.45) is 3.27. The summed E-state index contributed by atoms with van der Waals surface area (Å²) < 4.78 is 16.3. The second-order valence-electron chi connectivity index (χ2n) is 10.5. The number of carbonyl (C=O) groups excluding carboxylic acids is 2. The molecular weight excluding hydrogens is 614 g/mol. The van der Waals surface area contributed by atoms with E-state index in [0.717, 1.165) is 60.7 Å². The van der Waals surface area contributed by atoms with Crippen LogP contribution in [-0.2, 0) is 31.0 Å². The molecule has 10 nitrogen and oxygen atoms in total. The smallest absolute Gasteiger partial charge is 0.414 e. The van der Waals surface area contributed by atoms with Gasteiger partial charge in [-0.1, -0.05) is 73.6 Å². The molecule has 10 heteroatoms. The molecule has 2 aromatic carbocycles. The number of ketones is 1.